The zero-order valence-corrected chi connectivity index (χ0v) is 12.0. The zero-order valence-electron chi connectivity index (χ0n) is 12.0. The normalized spacial score (nSPS) is 19.7. The third kappa shape index (κ3) is 2.24. The zero-order chi connectivity index (χ0) is 15.0. The van der Waals surface area contributed by atoms with Crippen molar-refractivity contribution >= 4 is 17.3 Å². The van der Waals surface area contributed by atoms with E-state index in [9.17, 15) is 14.7 Å². The molecule has 1 aromatic carbocycles. The molecule has 1 saturated carbocycles. The Morgan fingerprint density at radius 2 is 1.76 bits per heavy atom. The first-order chi connectivity index (χ1) is 10.1. The van der Waals surface area contributed by atoms with Crippen LogP contribution in [0.4, 0.5) is 0 Å². The number of Topliss-reactive ketones (excluding diaryl/α,β-unsaturated/α-hetero) is 2. The number of carbonyl (C=O) groups excluding carboxylic acids is 2. The summed E-state index contributed by atoms with van der Waals surface area (Å²) in [5.41, 5.74) is 0.984. The largest absolute Gasteiger partial charge is 0.507 e. The van der Waals surface area contributed by atoms with E-state index >= 15 is 0 Å². The van der Waals surface area contributed by atoms with Crippen molar-refractivity contribution in [1.29, 1.82) is 0 Å². The average molecular weight is 286 g/mol. The van der Waals surface area contributed by atoms with Crippen molar-refractivity contribution in [1.82, 2.24) is 0 Å². The minimum absolute atomic E-state index is 0.00505. The van der Waals surface area contributed by atoms with Crippen LogP contribution in [0.3, 0.4) is 0 Å². The van der Waals surface area contributed by atoms with Gasteiger partial charge in [0, 0.05) is 16.7 Å². The molecule has 0 aliphatic heterocycles. The number of carbonyl (C=O) groups is 2. The molecule has 0 aromatic heterocycles. The molecule has 0 bridgehead atoms. The molecular formula is C17H18O4. The van der Waals surface area contributed by atoms with E-state index in [1.54, 1.807) is 18.2 Å². The van der Waals surface area contributed by atoms with Crippen LogP contribution >= 0.6 is 0 Å². The number of aliphatic hydroxyl groups is 1. The highest BCUT2D eigenvalue weighted by atomic mass is 16.5. The molecular weight excluding hydrogens is 268 g/mol. The van der Waals surface area contributed by atoms with Gasteiger partial charge in [-0.3, -0.25) is 9.59 Å². The van der Waals surface area contributed by atoms with Gasteiger partial charge >= 0.3 is 0 Å². The van der Waals surface area contributed by atoms with E-state index in [0.717, 1.165) is 32.1 Å². The van der Waals surface area contributed by atoms with Gasteiger partial charge < -0.3 is 9.84 Å². The van der Waals surface area contributed by atoms with Crippen molar-refractivity contribution < 1.29 is 19.4 Å². The fraction of sp³-hybridized carbons (Fsp3) is 0.412. The molecule has 0 radical (unpaired) electrons. The smallest absolute Gasteiger partial charge is 0.234 e. The second-order valence-electron chi connectivity index (χ2n) is 5.67. The summed E-state index contributed by atoms with van der Waals surface area (Å²) in [6, 6.07) is 4.79. The summed E-state index contributed by atoms with van der Waals surface area (Å²) in [7, 11) is 1.53. The highest BCUT2D eigenvalue weighted by molar-refractivity contribution is 6.52. The Balaban J connectivity index is 2.12. The van der Waals surface area contributed by atoms with Crippen LogP contribution in [-0.4, -0.2) is 23.8 Å². The van der Waals surface area contributed by atoms with Crippen molar-refractivity contribution in [2.75, 3.05) is 7.11 Å². The molecule has 2 aliphatic rings. The number of allylic oxidation sites excluding steroid dienone is 1. The molecule has 1 N–H and O–H groups in total. The first kappa shape index (κ1) is 13.9. The van der Waals surface area contributed by atoms with Gasteiger partial charge in [-0.1, -0.05) is 19.3 Å². The number of hydrogen-bond donors (Lipinski definition) is 1. The Kier molecular flexibility index (Phi) is 3.53. The summed E-state index contributed by atoms with van der Waals surface area (Å²) in [6.45, 7) is 0. The molecule has 4 nitrogen and oxygen atoms in total. The molecule has 21 heavy (non-hydrogen) atoms. The number of hydrogen-bond acceptors (Lipinski definition) is 4. The topological polar surface area (TPSA) is 63.6 Å². The molecule has 2 aliphatic carbocycles. The first-order valence-electron chi connectivity index (χ1n) is 7.34. The molecule has 3 rings (SSSR count). The third-order valence-corrected chi connectivity index (χ3v) is 4.45. The summed E-state index contributed by atoms with van der Waals surface area (Å²) in [4.78, 5) is 24.6. The van der Waals surface area contributed by atoms with Crippen molar-refractivity contribution in [3.63, 3.8) is 0 Å². The predicted octanol–water partition coefficient (Wildman–Crippen LogP) is 3.31. The molecule has 1 fully saturated rings. The Hall–Kier alpha value is -2.10. The molecule has 0 unspecified atom stereocenters. The molecule has 4 heteroatoms. The highest BCUT2D eigenvalue weighted by Gasteiger charge is 2.37. The average Bonchev–Trinajstić information content (AvgIpc) is 2.53. The van der Waals surface area contributed by atoms with Crippen molar-refractivity contribution in [3.05, 3.63) is 34.9 Å². The summed E-state index contributed by atoms with van der Waals surface area (Å²) in [5, 5.41) is 10.5. The monoisotopic (exact) mass is 286 g/mol. The molecule has 0 spiro atoms. The van der Waals surface area contributed by atoms with E-state index in [-0.39, 0.29) is 17.2 Å². The van der Waals surface area contributed by atoms with Gasteiger partial charge in [-0.05, 0) is 37.0 Å². The minimum atomic E-state index is -0.544. The van der Waals surface area contributed by atoms with E-state index in [1.165, 1.54) is 7.11 Å². The van der Waals surface area contributed by atoms with Gasteiger partial charge in [0.2, 0.25) is 11.6 Å². The lowest BCUT2D eigenvalue weighted by molar-refractivity contribution is -0.112. The number of ether oxygens (including phenoxy) is 1. The lowest BCUT2D eigenvalue weighted by Crippen LogP contribution is -2.29. The molecule has 110 valence electrons. The number of ketones is 2. The van der Waals surface area contributed by atoms with Gasteiger partial charge in [0.05, 0.1) is 7.11 Å². The lowest BCUT2D eigenvalue weighted by Gasteiger charge is -2.27. The molecule has 0 amide bonds. The van der Waals surface area contributed by atoms with Crippen LogP contribution in [0.25, 0.3) is 5.76 Å². The molecule has 1 aromatic rings. The summed E-state index contributed by atoms with van der Waals surface area (Å²) in [6.07, 6.45) is 4.94. The van der Waals surface area contributed by atoms with Crippen LogP contribution in [-0.2, 0) is 4.79 Å². The number of methoxy groups -OCH3 is 1. The third-order valence-electron chi connectivity index (χ3n) is 4.45. The van der Waals surface area contributed by atoms with Crippen LogP contribution in [0.5, 0.6) is 5.75 Å². The maximum absolute atomic E-state index is 12.4. The highest BCUT2D eigenvalue weighted by Crippen LogP contribution is 2.38. The minimum Gasteiger partial charge on any atom is -0.507 e. The van der Waals surface area contributed by atoms with Gasteiger partial charge in [0.1, 0.15) is 11.5 Å². The quantitative estimate of drug-likeness (QED) is 0.847. The van der Waals surface area contributed by atoms with Gasteiger partial charge in [-0.2, -0.15) is 0 Å². The van der Waals surface area contributed by atoms with Gasteiger partial charge in [-0.25, -0.2) is 0 Å². The van der Waals surface area contributed by atoms with Crippen molar-refractivity contribution in [2.24, 2.45) is 5.92 Å². The van der Waals surface area contributed by atoms with Crippen LogP contribution < -0.4 is 4.74 Å². The standard InChI is InChI=1S/C17H18O4/c1-21-11-7-8-12-13(9-11)15(18)14(17(20)16(12)19)10-5-3-2-4-6-10/h7-10,18H,2-6H2,1H3. The summed E-state index contributed by atoms with van der Waals surface area (Å²) in [5.74, 6) is -0.552. The lowest BCUT2D eigenvalue weighted by atomic mass is 9.76. The van der Waals surface area contributed by atoms with E-state index in [1.807, 2.05) is 0 Å². The Morgan fingerprint density at radius 1 is 1.05 bits per heavy atom. The SMILES string of the molecule is COc1ccc2c(c1)C(O)=C(C1CCCCC1)C(=O)C2=O. The van der Waals surface area contributed by atoms with Gasteiger partial charge in [0.25, 0.3) is 0 Å². The first-order valence-corrected chi connectivity index (χ1v) is 7.34. The second kappa shape index (κ2) is 5.35. The number of rotatable bonds is 2. The summed E-state index contributed by atoms with van der Waals surface area (Å²) < 4.78 is 5.14. The summed E-state index contributed by atoms with van der Waals surface area (Å²) >= 11 is 0. The fourth-order valence-corrected chi connectivity index (χ4v) is 3.31. The Morgan fingerprint density at radius 3 is 2.43 bits per heavy atom. The van der Waals surface area contributed by atoms with E-state index in [4.69, 9.17) is 4.74 Å². The van der Waals surface area contributed by atoms with Crippen LogP contribution in [0.1, 0.15) is 48.0 Å². The fourth-order valence-electron chi connectivity index (χ4n) is 3.31. The second-order valence-corrected chi connectivity index (χ2v) is 5.67. The molecule has 0 heterocycles. The molecule has 0 saturated heterocycles. The van der Waals surface area contributed by atoms with E-state index in [2.05, 4.69) is 0 Å². The number of fused-ring (bicyclic) bond motifs is 1. The maximum atomic E-state index is 12.4. The number of aliphatic hydroxyl groups excluding tert-OH is 1. The van der Waals surface area contributed by atoms with Gasteiger partial charge in [-0.15, -0.1) is 0 Å². The maximum Gasteiger partial charge on any atom is 0.234 e. The predicted molar refractivity (Wildman–Crippen MR) is 78.5 cm³/mol. The Bertz CT molecular complexity index is 636. The number of benzene rings is 1. The van der Waals surface area contributed by atoms with Gasteiger partial charge in [0.15, 0.2) is 0 Å². The molecule has 0 atom stereocenters. The van der Waals surface area contributed by atoms with Crippen molar-refractivity contribution in [2.45, 2.75) is 32.1 Å². The van der Waals surface area contributed by atoms with Crippen LogP contribution in [0, 0.1) is 5.92 Å². The van der Waals surface area contributed by atoms with E-state index < -0.39 is 11.6 Å². The van der Waals surface area contributed by atoms with Crippen molar-refractivity contribution in [3.8, 4) is 5.75 Å². The Labute approximate surface area is 123 Å². The van der Waals surface area contributed by atoms with Crippen LogP contribution in [0.2, 0.25) is 0 Å². The van der Waals surface area contributed by atoms with E-state index in [0.29, 0.717) is 16.9 Å². The van der Waals surface area contributed by atoms with Crippen LogP contribution in [0.15, 0.2) is 23.8 Å².